The zero-order valence-corrected chi connectivity index (χ0v) is 23.2. The Morgan fingerprint density at radius 1 is 0.810 bits per heavy atom. The molecule has 220 valence electrons. The van der Waals surface area contributed by atoms with Gasteiger partial charge in [0.05, 0.1) is 5.92 Å². The van der Waals surface area contributed by atoms with Crippen molar-refractivity contribution in [2.24, 2.45) is 27.9 Å². The molecule has 0 spiro atoms. The van der Waals surface area contributed by atoms with Crippen molar-refractivity contribution in [3.8, 4) is 0 Å². The number of hydrogen-bond acceptors (Lipinski definition) is 6. The van der Waals surface area contributed by atoms with Gasteiger partial charge in [-0.15, -0.1) is 0 Å². The number of carbonyl (C=O) groups excluding carboxylic acids is 3. The van der Waals surface area contributed by atoms with Crippen LogP contribution < -0.4 is 33.6 Å². The first-order chi connectivity index (χ1) is 20.1. The minimum atomic E-state index is -1.00. The number of nitrogen functional groups attached to an aromatic ring is 1. The number of benzene rings is 2. The standard InChI is InChI=1S/C30H37N9O3/c31-26(32)21-12-10-20(11-13-21)16-23(22-8-4-14-36-18-22)28(41)39-25(17-19-6-2-1-3-7-19)29(42)38-24(27(33)40)9-5-15-37-30(34)35/h1-4,6-8,10-14,18,23-25H,5,9,15-17H2,(H3,31,32)(H2,33,40)(H,38,42)(H,39,41)(H4,34,35,37)/t23-,24-,25-/m0/s1. The lowest BCUT2D eigenvalue weighted by Gasteiger charge is -2.25. The maximum atomic E-state index is 13.8. The Labute approximate surface area is 244 Å². The molecule has 0 unspecified atom stereocenters. The summed E-state index contributed by atoms with van der Waals surface area (Å²) in [5, 5.41) is 13.2. The van der Waals surface area contributed by atoms with Crippen LogP contribution in [0.15, 0.2) is 84.1 Å². The topological polar surface area (TPSA) is 228 Å². The zero-order valence-electron chi connectivity index (χ0n) is 23.2. The van der Waals surface area contributed by atoms with Crippen molar-refractivity contribution in [1.82, 2.24) is 15.6 Å². The summed E-state index contributed by atoms with van der Waals surface area (Å²) in [5.74, 6) is -2.45. The third-order valence-electron chi connectivity index (χ3n) is 6.63. The number of pyridine rings is 1. The van der Waals surface area contributed by atoms with Gasteiger partial charge in [-0.25, -0.2) is 0 Å². The van der Waals surface area contributed by atoms with Crippen LogP contribution in [-0.4, -0.2) is 53.1 Å². The van der Waals surface area contributed by atoms with Gasteiger partial charge in [-0.1, -0.05) is 60.7 Å². The van der Waals surface area contributed by atoms with Gasteiger partial charge in [0.2, 0.25) is 17.7 Å². The molecule has 12 nitrogen and oxygen atoms in total. The van der Waals surface area contributed by atoms with Gasteiger partial charge in [0, 0.05) is 30.9 Å². The van der Waals surface area contributed by atoms with Gasteiger partial charge < -0.3 is 33.6 Å². The second-order valence-corrected chi connectivity index (χ2v) is 9.82. The molecule has 3 atom stereocenters. The van der Waals surface area contributed by atoms with E-state index in [-0.39, 0.29) is 31.2 Å². The van der Waals surface area contributed by atoms with E-state index in [2.05, 4.69) is 20.6 Å². The lowest BCUT2D eigenvalue weighted by atomic mass is 9.91. The summed E-state index contributed by atoms with van der Waals surface area (Å²) in [5.41, 5.74) is 24.7. The van der Waals surface area contributed by atoms with Crippen LogP contribution in [0.2, 0.25) is 0 Å². The maximum Gasteiger partial charge on any atom is 0.243 e. The number of hydrogen-bond donors (Lipinski definition) is 7. The van der Waals surface area contributed by atoms with E-state index in [1.165, 1.54) is 0 Å². The zero-order chi connectivity index (χ0) is 30.5. The van der Waals surface area contributed by atoms with Crippen molar-refractivity contribution < 1.29 is 14.4 Å². The summed E-state index contributed by atoms with van der Waals surface area (Å²) in [6.45, 7) is 0.270. The molecular formula is C30H37N9O3. The van der Waals surface area contributed by atoms with E-state index in [1.54, 1.807) is 48.8 Å². The molecule has 0 aliphatic rings. The summed E-state index contributed by atoms with van der Waals surface area (Å²) < 4.78 is 0. The lowest BCUT2D eigenvalue weighted by Crippen LogP contribution is -2.54. The van der Waals surface area contributed by atoms with Crippen LogP contribution in [0.3, 0.4) is 0 Å². The Hall–Kier alpha value is -5.26. The number of aliphatic imine (C=N–C) groups is 1. The van der Waals surface area contributed by atoms with Gasteiger partial charge in [-0.05, 0) is 42.0 Å². The number of nitrogens with two attached hydrogens (primary N) is 4. The molecule has 1 heterocycles. The SMILES string of the molecule is N=C(N)c1ccc(C[C@H](C(=O)N[C@@H](Cc2ccccc2)C(=O)N[C@@H](CCCN=C(N)N)C(N)=O)c2cccnc2)cc1. The highest BCUT2D eigenvalue weighted by Crippen LogP contribution is 2.22. The molecular weight excluding hydrogens is 534 g/mol. The number of rotatable bonds is 15. The smallest absolute Gasteiger partial charge is 0.243 e. The monoisotopic (exact) mass is 571 g/mol. The van der Waals surface area contributed by atoms with Crippen molar-refractivity contribution in [1.29, 1.82) is 5.41 Å². The van der Waals surface area contributed by atoms with Gasteiger partial charge in [0.1, 0.15) is 17.9 Å². The molecule has 0 saturated carbocycles. The van der Waals surface area contributed by atoms with Gasteiger partial charge in [-0.3, -0.25) is 29.8 Å². The Kier molecular flexibility index (Phi) is 11.5. The van der Waals surface area contributed by atoms with E-state index in [0.717, 1.165) is 11.1 Å². The van der Waals surface area contributed by atoms with Crippen molar-refractivity contribution in [2.45, 2.75) is 43.7 Å². The van der Waals surface area contributed by atoms with Crippen molar-refractivity contribution in [2.75, 3.05) is 6.54 Å². The van der Waals surface area contributed by atoms with Crippen LogP contribution in [0.1, 0.15) is 41.0 Å². The number of nitrogens with zero attached hydrogens (tertiary/aromatic N) is 2. The molecule has 0 radical (unpaired) electrons. The third kappa shape index (κ3) is 9.73. The summed E-state index contributed by atoms with van der Waals surface area (Å²) in [6, 6.07) is 17.8. The van der Waals surface area contributed by atoms with Crippen molar-refractivity contribution in [3.63, 3.8) is 0 Å². The molecule has 2 aromatic carbocycles. The normalized spacial score (nSPS) is 12.8. The van der Waals surface area contributed by atoms with E-state index in [4.69, 9.17) is 28.3 Å². The van der Waals surface area contributed by atoms with Gasteiger partial charge >= 0.3 is 0 Å². The molecule has 11 N–H and O–H groups in total. The first kappa shape index (κ1) is 31.3. The number of nitrogens with one attached hydrogen (secondary N) is 3. The van der Waals surface area contributed by atoms with E-state index in [1.807, 2.05) is 30.3 Å². The van der Waals surface area contributed by atoms with Crippen LogP contribution in [0.4, 0.5) is 0 Å². The molecule has 42 heavy (non-hydrogen) atoms. The molecule has 0 aliphatic carbocycles. The number of carbonyl (C=O) groups is 3. The van der Waals surface area contributed by atoms with Gasteiger partial charge in [0.15, 0.2) is 5.96 Å². The highest BCUT2D eigenvalue weighted by Gasteiger charge is 2.29. The Morgan fingerprint density at radius 3 is 2.07 bits per heavy atom. The van der Waals surface area contributed by atoms with E-state index in [9.17, 15) is 14.4 Å². The second kappa shape index (κ2) is 15.5. The average Bonchev–Trinajstić information content (AvgIpc) is 2.97. The van der Waals surface area contributed by atoms with Gasteiger partial charge in [0.25, 0.3) is 0 Å². The third-order valence-corrected chi connectivity index (χ3v) is 6.63. The Balaban J connectivity index is 1.84. The van der Waals surface area contributed by atoms with Crippen LogP contribution in [-0.2, 0) is 27.2 Å². The molecule has 1 aromatic heterocycles. The summed E-state index contributed by atoms with van der Waals surface area (Å²) in [4.78, 5) is 47.5. The fraction of sp³-hybridized carbons (Fsp3) is 0.267. The predicted octanol–water partition coefficient (Wildman–Crippen LogP) is 0.443. The molecule has 12 heteroatoms. The number of amides is 3. The maximum absolute atomic E-state index is 13.8. The minimum Gasteiger partial charge on any atom is -0.384 e. The summed E-state index contributed by atoms with van der Waals surface area (Å²) in [6.07, 6.45) is 4.35. The molecule has 3 rings (SSSR count). The van der Waals surface area contributed by atoms with Crippen LogP contribution in [0.25, 0.3) is 0 Å². The molecule has 0 fully saturated rings. The number of guanidine groups is 1. The fourth-order valence-corrected chi connectivity index (χ4v) is 4.39. The predicted molar refractivity (Wildman–Crippen MR) is 161 cm³/mol. The molecule has 0 bridgehead atoms. The summed E-state index contributed by atoms with van der Waals surface area (Å²) >= 11 is 0. The number of aromatic nitrogens is 1. The second-order valence-electron chi connectivity index (χ2n) is 9.82. The molecule has 3 aromatic rings. The highest BCUT2D eigenvalue weighted by atomic mass is 16.2. The van der Waals surface area contributed by atoms with Crippen LogP contribution >= 0.6 is 0 Å². The molecule has 0 aliphatic heterocycles. The average molecular weight is 572 g/mol. The largest absolute Gasteiger partial charge is 0.384 e. The Morgan fingerprint density at radius 2 is 1.48 bits per heavy atom. The minimum absolute atomic E-state index is 0.0524. The molecule has 0 saturated heterocycles. The van der Waals surface area contributed by atoms with E-state index in [0.29, 0.717) is 24.0 Å². The fourth-order valence-electron chi connectivity index (χ4n) is 4.39. The van der Waals surface area contributed by atoms with Crippen molar-refractivity contribution >= 4 is 29.5 Å². The van der Waals surface area contributed by atoms with Crippen molar-refractivity contribution in [3.05, 3.63) is 101 Å². The highest BCUT2D eigenvalue weighted by molar-refractivity contribution is 5.95. The molecule has 3 amide bonds. The first-order valence-electron chi connectivity index (χ1n) is 13.5. The first-order valence-corrected chi connectivity index (χ1v) is 13.5. The number of primary amides is 1. The van der Waals surface area contributed by atoms with Gasteiger partial charge in [-0.2, -0.15) is 0 Å². The summed E-state index contributed by atoms with van der Waals surface area (Å²) in [7, 11) is 0. The van der Waals surface area contributed by atoms with E-state index < -0.39 is 35.7 Å². The van der Waals surface area contributed by atoms with Crippen LogP contribution in [0, 0.1) is 5.41 Å². The number of amidine groups is 1. The van der Waals surface area contributed by atoms with E-state index >= 15 is 0 Å². The Bertz CT molecular complexity index is 1380. The lowest BCUT2D eigenvalue weighted by molar-refractivity contribution is -0.131. The quantitative estimate of drug-likeness (QED) is 0.0772. The van der Waals surface area contributed by atoms with Crippen LogP contribution in [0.5, 0.6) is 0 Å².